The van der Waals surface area contributed by atoms with Crippen molar-refractivity contribution in [3.05, 3.63) is 71.8 Å². The third kappa shape index (κ3) is 5.18. The van der Waals surface area contributed by atoms with Crippen molar-refractivity contribution in [3.63, 3.8) is 0 Å². The summed E-state index contributed by atoms with van der Waals surface area (Å²) in [6.07, 6.45) is 1.27. The molecule has 2 unspecified atom stereocenters. The molecule has 0 fully saturated rings. The summed E-state index contributed by atoms with van der Waals surface area (Å²) in [4.78, 5) is 28.2. The van der Waals surface area contributed by atoms with Gasteiger partial charge in [0.15, 0.2) is 0 Å². The second-order valence-corrected chi connectivity index (χ2v) is 8.36. The molecule has 0 saturated carbocycles. The molecule has 0 spiro atoms. The van der Waals surface area contributed by atoms with Crippen LogP contribution in [0.5, 0.6) is 5.75 Å². The fourth-order valence-corrected chi connectivity index (χ4v) is 4.37. The molecule has 7 heteroatoms. The van der Waals surface area contributed by atoms with Crippen LogP contribution in [-0.2, 0) is 22.6 Å². The third-order valence-electron chi connectivity index (χ3n) is 6.31. The van der Waals surface area contributed by atoms with Gasteiger partial charge >= 0.3 is 0 Å². The Morgan fingerprint density at radius 2 is 1.85 bits per heavy atom. The highest BCUT2D eigenvalue weighted by atomic mass is 35.5. The van der Waals surface area contributed by atoms with E-state index in [-0.39, 0.29) is 30.3 Å². The minimum Gasteiger partial charge on any atom is -0.494 e. The number of ether oxygens (including phenoxy) is 1. The topological polar surface area (TPSA) is 70.7 Å². The van der Waals surface area contributed by atoms with E-state index >= 15 is 0 Å². The van der Waals surface area contributed by atoms with Gasteiger partial charge in [0, 0.05) is 11.3 Å². The standard InChI is InChI=1S/C27H31N3O3.ClH/c1-4-33-25-16-14-19-9-5-7-11-21(19)22(25)17-30-24-12-8-6-10-20(24)13-15-23(27(30)32)29-26(31)18(2)28-3;/h5-12,14,16,18,23,28H,4,13,15,17H2,1-3H3,(H,29,31);1H. The monoisotopic (exact) mass is 481 g/mol. The van der Waals surface area contributed by atoms with Crippen LogP contribution in [0.3, 0.4) is 0 Å². The Morgan fingerprint density at radius 1 is 1.12 bits per heavy atom. The molecule has 34 heavy (non-hydrogen) atoms. The van der Waals surface area contributed by atoms with Gasteiger partial charge < -0.3 is 20.3 Å². The van der Waals surface area contributed by atoms with E-state index in [0.29, 0.717) is 26.0 Å². The molecule has 0 saturated heterocycles. The van der Waals surface area contributed by atoms with E-state index < -0.39 is 6.04 Å². The molecule has 3 aromatic rings. The molecule has 0 aromatic heterocycles. The molecule has 0 radical (unpaired) electrons. The van der Waals surface area contributed by atoms with Gasteiger partial charge in [0.25, 0.3) is 0 Å². The number of rotatable bonds is 7. The van der Waals surface area contributed by atoms with Crippen LogP contribution >= 0.6 is 12.4 Å². The van der Waals surface area contributed by atoms with Crippen LogP contribution in [-0.4, -0.2) is 37.6 Å². The molecule has 1 aliphatic rings. The second kappa shape index (κ2) is 11.4. The van der Waals surface area contributed by atoms with Crippen molar-refractivity contribution in [2.45, 2.75) is 45.3 Å². The SMILES string of the molecule is CCOc1ccc2ccccc2c1CN1C(=O)C(NC(=O)C(C)NC)CCc2ccccc21.Cl. The van der Waals surface area contributed by atoms with Crippen LogP contribution in [0.4, 0.5) is 5.69 Å². The van der Waals surface area contributed by atoms with Gasteiger partial charge in [0.05, 0.1) is 19.2 Å². The smallest absolute Gasteiger partial charge is 0.249 e. The maximum absolute atomic E-state index is 13.8. The maximum Gasteiger partial charge on any atom is 0.249 e. The molecular formula is C27H32ClN3O3. The van der Waals surface area contributed by atoms with E-state index in [1.807, 2.05) is 54.3 Å². The quantitative estimate of drug-likeness (QED) is 0.529. The number of hydrogen-bond acceptors (Lipinski definition) is 4. The first-order valence-corrected chi connectivity index (χ1v) is 11.5. The average Bonchev–Trinajstić information content (AvgIpc) is 2.97. The van der Waals surface area contributed by atoms with Gasteiger partial charge in [-0.25, -0.2) is 0 Å². The lowest BCUT2D eigenvalue weighted by molar-refractivity contribution is -0.128. The first kappa shape index (κ1) is 25.5. The number of nitrogens with zero attached hydrogens (tertiary/aromatic N) is 1. The van der Waals surface area contributed by atoms with Crippen LogP contribution in [0.1, 0.15) is 31.4 Å². The first-order valence-electron chi connectivity index (χ1n) is 11.5. The molecule has 2 amide bonds. The number of likely N-dealkylation sites (N-methyl/N-ethyl adjacent to an activating group) is 1. The molecule has 2 N–H and O–H groups in total. The van der Waals surface area contributed by atoms with Crippen LogP contribution in [0.25, 0.3) is 10.8 Å². The summed E-state index contributed by atoms with van der Waals surface area (Å²) in [5.41, 5.74) is 2.95. The summed E-state index contributed by atoms with van der Waals surface area (Å²) in [6, 6.07) is 19.2. The van der Waals surface area contributed by atoms with Crippen molar-refractivity contribution >= 4 is 40.7 Å². The van der Waals surface area contributed by atoms with Crippen LogP contribution in [0.2, 0.25) is 0 Å². The van der Waals surface area contributed by atoms with E-state index in [9.17, 15) is 9.59 Å². The molecular weight excluding hydrogens is 450 g/mol. The van der Waals surface area contributed by atoms with Gasteiger partial charge in [0.1, 0.15) is 11.8 Å². The van der Waals surface area contributed by atoms with Gasteiger partial charge in [-0.1, -0.05) is 48.5 Å². The molecule has 0 aliphatic carbocycles. The lowest BCUT2D eigenvalue weighted by Crippen LogP contribution is -2.52. The normalized spacial score (nSPS) is 16.3. The highest BCUT2D eigenvalue weighted by Crippen LogP contribution is 2.34. The minimum atomic E-state index is -0.591. The maximum atomic E-state index is 13.8. The van der Waals surface area contributed by atoms with Gasteiger partial charge in [-0.2, -0.15) is 0 Å². The number of benzene rings is 3. The van der Waals surface area contributed by atoms with Gasteiger partial charge in [0.2, 0.25) is 11.8 Å². The highest BCUT2D eigenvalue weighted by Gasteiger charge is 2.32. The third-order valence-corrected chi connectivity index (χ3v) is 6.31. The van der Waals surface area contributed by atoms with Crippen LogP contribution in [0, 0.1) is 0 Å². The molecule has 180 valence electrons. The van der Waals surface area contributed by atoms with Gasteiger partial charge in [-0.05, 0) is 62.2 Å². The minimum absolute atomic E-state index is 0. The fourth-order valence-electron chi connectivity index (χ4n) is 4.37. The van der Waals surface area contributed by atoms with E-state index in [4.69, 9.17) is 4.74 Å². The Balaban J connectivity index is 0.00000324. The first-order chi connectivity index (χ1) is 16.0. The molecule has 6 nitrogen and oxygen atoms in total. The number of nitrogens with one attached hydrogen (secondary N) is 2. The molecule has 2 atom stereocenters. The van der Waals surface area contributed by atoms with Crippen molar-refractivity contribution in [1.82, 2.24) is 10.6 Å². The average molecular weight is 482 g/mol. The van der Waals surface area contributed by atoms with E-state index in [1.165, 1.54) is 0 Å². The Morgan fingerprint density at radius 3 is 2.62 bits per heavy atom. The molecule has 3 aromatic carbocycles. The Kier molecular flexibility index (Phi) is 8.53. The predicted molar refractivity (Wildman–Crippen MR) is 139 cm³/mol. The van der Waals surface area contributed by atoms with E-state index in [0.717, 1.165) is 33.3 Å². The molecule has 0 bridgehead atoms. The zero-order chi connectivity index (χ0) is 23.4. The number of carbonyl (C=O) groups excluding carboxylic acids is 2. The predicted octanol–water partition coefficient (Wildman–Crippen LogP) is 4.23. The summed E-state index contributed by atoms with van der Waals surface area (Å²) in [5, 5.41) is 8.06. The zero-order valence-electron chi connectivity index (χ0n) is 19.8. The van der Waals surface area contributed by atoms with Gasteiger partial charge in [-0.3, -0.25) is 9.59 Å². The Hall–Kier alpha value is -3.09. The number of amides is 2. The zero-order valence-corrected chi connectivity index (χ0v) is 20.7. The summed E-state index contributed by atoms with van der Waals surface area (Å²) < 4.78 is 5.96. The van der Waals surface area contributed by atoms with Crippen LogP contribution < -0.4 is 20.3 Å². The lowest BCUT2D eigenvalue weighted by atomic mass is 10.0. The number of anilines is 1. The Bertz CT molecular complexity index is 1170. The van der Waals surface area contributed by atoms with Crippen molar-refractivity contribution in [2.75, 3.05) is 18.6 Å². The van der Waals surface area contributed by atoms with Crippen molar-refractivity contribution < 1.29 is 14.3 Å². The van der Waals surface area contributed by atoms with E-state index in [2.05, 4.69) is 28.8 Å². The molecule has 1 heterocycles. The van der Waals surface area contributed by atoms with Crippen molar-refractivity contribution in [3.8, 4) is 5.75 Å². The summed E-state index contributed by atoms with van der Waals surface area (Å²) >= 11 is 0. The van der Waals surface area contributed by atoms with Crippen molar-refractivity contribution in [1.29, 1.82) is 0 Å². The molecule has 4 rings (SSSR count). The Labute approximate surface area is 207 Å². The highest BCUT2D eigenvalue weighted by molar-refractivity contribution is 6.01. The number of halogens is 1. The number of para-hydroxylation sites is 1. The lowest BCUT2D eigenvalue weighted by Gasteiger charge is -2.28. The van der Waals surface area contributed by atoms with Crippen LogP contribution in [0.15, 0.2) is 60.7 Å². The summed E-state index contributed by atoms with van der Waals surface area (Å²) in [7, 11) is 1.73. The number of carbonyl (C=O) groups is 2. The summed E-state index contributed by atoms with van der Waals surface area (Å²) in [6.45, 7) is 4.64. The van der Waals surface area contributed by atoms with Gasteiger partial charge in [-0.15, -0.1) is 12.4 Å². The second-order valence-electron chi connectivity index (χ2n) is 8.36. The number of hydrogen-bond donors (Lipinski definition) is 2. The van der Waals surface area contributed by atoms with Crippen molar-refractivity contribution in [2.24, 2.45) is 0 Å². The number of aryl methyl sites for hydroxylation is 1. The van der Waals surface area contributed by atoms with E-state index in [1.54, 1.807) is 14.0 Å². The fraction of sp³-hybridized carbons (Fsp3) is 0.333. The summed E-state index contributed by atoms with van der Waals surface area (Å²) in [5.74, 6) is 0.490. The largest absolute Gasteiger partial charge is 0.494 e. The number of fused-ring (bicyclic) bond motifs is 2. The molecule has 1 aliphatic heterocycles.